The van der Waals surface area contributed by atoms with Crippen molar-refractivity contribution in [2.24, 2.45) is 0 Å². The van der Waals surface area contributed by atoms with E-state index in [0.717, 1.165) is 30.4 Å². The number of hydrogen-bond donors (Lipinski definition) is 1. The number of likely N-dealkylation sites (tertiary alicyclic amines) is 1. The number of rotatable bonds is 5. The molecule has 0 spiro atoms. The van der Waals surface area contributed by atoms with Gasteiger partial charge < -0.3 is 10.2 Å². The third kappa shape index (κ3) is 4.56. The first-order valence-corrected chi connectivity index (χ1v) is 8.13. The summed E-state index contributed by atoms with van der Waals surface area (Å²) < 4.78 is 0.887. The molecule has 1 saturated heterocycles. The van der Waals surface area contributed by atoms with E-state index in [2.05, 4.69) is 38.1 Å². The molecule has 1 N–H and O–H groups in total. The van der Waals surface area contributed by atoms with Gasteiger partial charge in [0.1, 0.15) is 5.69 Å². The highest BCUT2D eigenvalue weighted by atomic mass is 79.9. The van der Waals surface area contributed by atoms with Gasteiger partial charge in [0.2, 0.25) is 0 Å². The molecule has 1 aromatic heterocycles. The standard InChI is InChI=1S/C15H22BrN3O/c1-2-3-8-19-9-6-13(7-10-19)18-15(20)14-5-4-12(16)11-17-14/h4-5,11,13H,2-3,6-10H2,1H3,(H,18,20). The van der Waals surface area contributed by atoms with Gasteiger partial charge in [-0.2, -0.15) is 0 Å². The Morgan fingerprint density at radius 1 is 1.45 bits per heavy atom. The van der Waals surface area contributed by atoms with Crippen LogP contribution >= 0.6 is 15.9 Å². The Kier molecular flexibility index (Phi) is 5.98. The van der Waals surface area contributed by atoms with Crippen LogP contribution in [0, 0.1) is 0 Å². The van der Waals surface area contributed by atoms with Crippen LogP contribution in [0.4, 0.5) is 0 Å². The molecule has 110 valence electrons. The number of hydrogen-bond acceptors (Lipinski definition) is 3. The Morgan fingerprint density at radius 2 is 2.20 bits per heavy atom. The highest BCUT2D eigenvalue weighted by Gasteiger charge is 2.21. The zero-order chi connectivity index (χ0) is 14.4. The molecular formula is C15H22BrN3O. The molecule has 0 radical (unpaired) electrons. The third-order valence-corrected chi connectivity index (χ3v) is 4.18. The zero-order valence-electron chi connectivity index (χ0n) is 11.9. The molecule has 0 unspecified atom stereocenters. The van der Waals surface area contributed by atoms with Crippen molar-refractivity contribution in [1.82, 2.24) is 15.2 Å². The maximum absolute atomic E-state index is 12.1. The van der Waals surface area contributed by atoms with Crippen molar-refractivity contribution in [2.45, 2.75) is 38.6 Å². The van der Waals surface area contributed by atoms with Crippen molar-refractivity contribution in [2.75, 3.05) is 19.6 Å². The Labute approximate surface area is 129 Å². The van der Waals surface area contributed by atoms with Gasteiger partial charge in [-0.3, -0.25) is 4.79 Å². The first kappa shape index (κ1) is 15.4. The van der Waals surface area contributed by atoms with Crippen LogP contribution in [-0.2, 0) is 0 Å². The fourth-order valence-electron chi connectivity index (χ4n) is 2.45. The molecule has 1 aliphatic heterocycles. The zero-order valence-corrected chi connectivity index (χ0v) is 13.5. The molecule has 5 heteroatoms. The Bertz CT molecular complexity index is 427. The third-order valence-electron chi connectivity index (χ3n) is 3.71. The second kappa shape index (κ2) is 7.74. The highest BCUT2D eigenvalue weighted by molar-refractivity contribution is 9.10. The van der Waals surface area contributed by atoms with Gasteiger partial charge in [-0.25, -0.2) is 4.98 Å². The van der Waals surface area contributed by atoms with Crippen LogP contribution in [0.5, 0.6) is 0 Å². The molecule has 0 aromatic carbocycles. The predicted molar refractivity (Wildman–Crippen MR) is 83.8 cm³/mol. The predicted octanol–water partition coefficient (Wildman–Crippen LogP) is 2.84. The molecular weight excluding hydrogens is 318 g/mol. The second-order valence-electron chi connectivity index (χ2n) is 5.30. The maximum Gasteiger partial charge on any atom is 0.270 e. The summed E-state index contributed by atoms with van der Waals surface area (Å²) >= 11 is 3.32. The SMILES string of the molecule is CCCCN1CCC(NC(=O)c2ccc(Br)cn2)CC1. The molecule has 1 amide bonds. The summed E-state index contributed by atoms with van der Waals surface area (Å²) in [6.45, 7) is 5.57. The molecule has 0 saturated carbocycles. The van der Waals surface area contributed by atoms with Crippen molar-refractivity contribution in [3.63, 3.8) is 0 Å². The number of unbranched alkanes of at least 4 members (excludes halogenated alkanes) is 1. The van der Waals surface area contributed by atoms with E-state index in [1.54, 1.807) is 12.3 Å². The Hall–Kier alpha value is -0.940. The van der Waals surface area contributed by atoms with Gasteiger partial charge in [0.15, 0.2) is 0 Å². The summed E-state index contributed by atoms with van der Waals surface area (Å²) in [6, 6.07) is 3.87. The van der Waals surface area contributed by atoms with E-state index >= 15 is 0 Å². The van der Waals surface area contributed by atoms with Crippen LogP contribution in [0.3, 0.4) is 0 Å². The fraction of sp³-hybridized carbons (Fsp3) is 0.600. The van der Waals surface area contributed by atoms with E-state index in [-0.39, 0.29) is 11.9 Å². The van der Waals surface area contributed by atoms with Crippen LogP contribution in [0.15, 0.2) is 22.8 Å². The minimum absolute atomic E-state index is 0.0653. The molecule has 0 aliphatic carbocycles. The van der Waals surface area contributed by atoms with Gasteiger partial charge in [0.05, 0.1) is 0 Å². The topological polar surface area (TPSA) is 45.2 Å². The average Bonchev–Trinajstić information content (AvgIpc) is 2.47. The van der Waals surface area contributed by atoms with Crippen molar-refractivity contribution in [3.05, 3.63) is 28.5 Å². The number of piperidine rings is 1. The minimum Gasteiger partial charge on any atom is -0.348 e. The number of nitrogens with zero attached hydrogens (tertiary/aromatic N) is 2. The second-order valence-corrected chi connectivity index (χ2v) is 6.22. The monoisotopic (exact) mass is 339 g/mol. The Morgan fingerprint density at radius 3 is 2.80 bits per heavy atom. The maximum atomic E-state index is 12.1. The van der Waals surface area contributed by atoms with Crippen LogP contribution in [0.25, 0.3) is 0 Å². The summed E-state index contributed by atoms with van der Waals surface area (Å²) in [7, 11) is 0. The lowest BCUT2D eigenvalue weighted by molar-refractivity contribution is 0.0905. The van der Waals surface area contributed by atoms with Crippen LogP contribution < -0.4 is 5.32 Å². The number of halogens is 1. The largest absolute Gasteiger partial charge is 0.348 e. The van der Waals surface area contributed by atoms with E-state index < -0.39 is 0 Å². The molecule has 1 aliphatic rings. The van der Waals surface area contributed by atoms with E-state index in [1.807, 2.05) is 6.07 Å². The van der Waals surface area contributed by atoms with Crippen LogP contribution in [0.1, 0.15) is 43.1 Å². The minimum atomic E-state index is -0.0653. The van der Waals surface area contributed by atoms with E-state index in [4.69, 9.17) is 0 Å². The highest BCUT2D eigenvalue weighted by Crippen LogP contribution is 2.12. The van der Waals surface area contributed by atoms with E-state index in [9.17, 15) is 4.79 Å². The molecule has 2 heterocycles. The molecule has 4 nitrogen and oxygen atoms in total. The van der Waals surface area contributed by atoms with Gasteiger partial charge in [-0.15, -0.1) is 0 Å². The molecule has 1 aromatic rings. The van der Waals surface area contributed by atoms with Crippen molar-refractivity contribution < 1.29 is 4.79 Å². The summed E-state index contributed by atoms with van der Waals surface area (Å²) in [5.74, 6) is -0.0653. The normalized spacial score (nSPS) is 17.1. The first-order valence-electron chi connectivity index (χ1n) is 7.34. The summed E-state index contributed by atoms with van der Waals surface area (Å²) in [6.07, 6.45) is 6.23. The smallest absolute Gasteiger partial charge is 0.270 e. The lowest BCUT2D eigenvalue weighted by atomic mass is 10.0. The number of carbonyl (C=O) groups is 1. The lowest BCUT2D eigenvalue weighted by Crippen LogP contribution is -2.45. The number of pyridine rings is 1. The van der Waals surface area contributed by atoms with Gasteiger partial charge in [0.25, 0.3) is 5.91 Å². The summed E-state index contributed by atoms with van der Waals surface area (Å²) in [5.41, 5.74) is 0.488. The average molecular weight is 340 g/mol. The van der Waals surface area contributed by atoms with E-state index in [1.165, 1.54) is 19.4 Å². The molecule has 20 heavy (non-hydrogen) atoms. The Balaban J connectivity index is 1.77. The first-order chi connectivity index (χ1) is 9.69. The molecule has 0 atom stereocenters. The van der Waals surface area contributed by atoms with E-state index in [0.29, 0.717) is 5.69 Å². The number of carbonyl (C=O) groups excluding carboxylic acids is 1. The quantitative estimate of drug-likeness (QED) is 0.897. The van der Waals surface area contributed by atoms with Gasteiger partial charge >= 0.3 is 0 Å². The van der Waals surface area contributed by atoms with Gasteiger partial charge in [-0.1, -0.05) is 13.3 Å². The van der Waals surface area contributed by atoms with Gasteiger partial charge in [-0.05, 0) is 53.9 Å². The van der Waals surface area contributed by atoms with Crippen LogP contribution in [0.2, 0.25) is 0 Å². The van der Waals surface area contributed by atoms with Crippen molar-refractivity contribution in [3.8, 4) is 0 Å². The lowest BCUT2D eigenvalue weighted by Gasteiger charge is -2.32. The molecule has 1 fully saturated rings. The summed E-state index contributed by atoms with van der Waals surface area (Å²) in [5, 5.41) is 3.09. The van der Waals surface area contributed by atoms with Gasteiger partial charge in [0, 0.05) is 29.8 Å². The number of aromatic nitrogens is 1. The van der Waals surface area contributed by atoms with Crippen LogP contribution in [-0.4, -0.2) is 41.5 Å². The summed E-state index contributed by atoms with van der Waals surface area (Å²) in [4.78, 5) is 18.7. The number of amides is 1. The molecule has 2 rings (SSSR count). The van der Waals surface area contributed by atoms with Crippen molar-refractivity contribution in [1.29, 1.82) is 0 Å². The fourth-order valence-corrected chi connectivity index (χ4v) is 2.69. The van der Waals surface area contributed by atoms with Crippen molar-refractivity contribution >= 4 is 21.8 Å². The molecule has 0 bridgehead atoms. The number of nitrogens with one attached hydrogen (secondary N) is 1.